The average molecular weight is 435 g/mol. The predicted octanol–water partition coefficient (Wildman–Crippen LogP) is 3.51. The molecule has 2 aliphatic heterocycles. The number of likely N-dealkylation sites (tertiary alicyclic amines) is 2. The molecular formula is C26H34N4O2. The summed E-state index contributed by atoms with van der Waals surface area (Å²) in [4.78, 5) is 28.9. The van der Waals surface area contributed by atoms with Gasteiger partial charge in [0.25, 0.3) is 5.91 Å². The van der Waals surface area contributed by atoms with Crippen LogP contribution in [0.2, 0.25) is 0 Å². The zero-order valence-corrected chi connectivity index (χ0v) is 18.8. The molecule has 2 heterocycles. The number of hydrogen-bond donors (Lipinski definition) is 2. The van der Waals surface area contributed by atoms with E-state index in [9.17, 15) is 9.59 Å². The Morgan fingerprint density at radius 3 is 2.56 bits per heavy atom. The molecule has 6 nitrogen and oxygen atoms in total. The summed E-state index contributed by atoms with van der Waals surface area (Å²) in [6.45, 7) is 5.45. The van der Waals surface area contributed by atoms with Gasteiger partial charge in [-0.3, -0.25) is 14.5 Å². The molecule has 2 aromatic carbocycles. The largest absolute Gasteiger partial charge is 0.385 e. The first-order valence-corrected chi connectivity index (χ1v) is 11.9. The van der Waals surface area contributed by atoms with Crippen LogP contribution in [-0.4, -0.2) is 60.4 Å². The summed E-state index contributed by atoms with van der Waals surface area (Å²) >= 11 is 0. The van der Waals surface area contributed by atoms with Gasteiger partial charge in [-0.15, -0.1) is 0 Å². The van der Waals surface area contributed by atoms with E-state index in [1.54, 1.807) is 0 Å². The molecule has 0 unspecified atom stereocenters. The molecule has 2 N–H and O–H groups in total. The van der Waals surface area contributed by atoms with Gasteiger partial charge < -0.3 is 15.5 Å². The molecule has 2 aromatic rings. The van der Waals surface area contributed by atoms with Gasteiger partial charge in [-0.2, -0.15) is 0 Å². The lowest BCUT2D eigenvalue weighted by Crippen LogP contribution is -2.44. The standard InChI is InChI=1S/C26H34N4O2/c31-25-11-5-15-30(25)16-6-14-27-24-10-4-9-22(19-24)26(32)28-23-12-17-29(18-13-23)20-21-7-2-1-3-8-21/h1-4,7-10,19,23,27H,5-6,11-18,20H2,(H,28,32). The van der Waals surface area contributed by atoms with E-state index in [2.05, 4.69) is 39.8 Å². The van der Waals surface area contributed by atoms with Crippen LogP contribution in [0.1, 0.15) is 48.0 Å². The van der Waals surface area contributed by atoms with Crippen LogP contribution >= 0.6 is 0 Å². The van der Waals surface area contributed by atoms with Gasteiger partial charge in [-0.1, -0.05) is 36.4 Å². The van der Waals surface area contributed by atoms with Crippen LogP contribution in [0.3, 0.4) is 0 Å². The molecule has 32 heavy (non-hydrogen) atoms. The Kier molecular flexibility index (Phi) is 7.77. The number of nitrogens with zero attached hydrogens (tertiary/aromatic N) is 2. The number of hydrogen-bond acceptors (Lipinski definition) is 4. The van der Waals surface area contributed by atoms with Crippen molar-refractivity contribution < 1.29 is 9.59 Å². The van der Waals surface area contributed by atoms with E-state index in [1.165, 1.54) is 5.56 Å². The zero-order valence-electron chi connectivity index (χ0n) is 18.8. The first-order chi connectivity index (χ1) is 15.7. The highest BCUT2D eigenvalue weighted by atomic mass is 16.2. The van der Waals surface area contributed by atoms with Gasteiger partial charge in [0.15, 0.2) is 0 Å². The minimum Gasteiger partial charge on any atom is -0.385 e. The van der Waals surface area contributed by atoms with E-state index in [1.807, 2.05) is 35.2 Å². The van der Waals surface area contributed by atoms with Gasteiger partial charge in [0.1, 0.15) is 0 Å². The molecule has 170 valence electrons. The number of rotatable bonds is 9. The fourth-order valence-electron chi connectivity index (χ4n) is 4.56. The molecule has 0 spiro atoms. The van der Waals surface area contributed by atoms with Gasteiger partial charge in [0.05, 0.1) is 0 Å². The van der Waals surface area contributed by atoms with E-state index in [-0.39, 0.29) is 17.9 Å². The van der Waals surface area contributed by atoms with Crippen molar-refractivity contribution in [2.24, 2.45) is 0 Å². The Labute approximate surface area is 191 Å². The Bertz CT molecular complexity index is 894. The van der Waals surface area contributed by atoms with Crippen molar-refractivity contribution in [2.75, 3.05) is 38.0 Å². The summed E-state index contributed by atoms with van der Waals surface area (Å²) in [5.74, 6) is 0.271. The van der Waals surface area contributed by atoms with E-state index in [0.29, 0.717) is 12.0 Å². The first kappa shape index (κ1) is 22.3. The van der Waals surface area contributed by atoms with Gasteiger partial charge in [-0.05, 0) is 49.4 Å². The molecule has 2 fully saturated rings. The summed E-state index contributed by atoms with van der Waals surface area (Å²) < 4.78 is 0. The lowest BCUT2D eigenvalue weighted by atomic mass is 10.0. The van der Waals surface area contributed by atoms with E-state index < -0.39 is 0 Å². The van der Waals surface area contributed by atoms with Crippen LogP contribution in [-0.2, 0) is 11.3 Å². The summed E-state index contributed by atoms with van der Waals surface area (Å²) in [7, 11) is 0. The third kappa shape index (κ3) is 6.33. The van der Waals surface area contributed by atoms with E-state index in [4.69, 9.17) is 0 Å². The second-order valence-electron chi connectivity index (χ2n) is 8.85. The zero-order chi connectivity index (χ0) is 22.2. The molecule has 2 amide bonds. The third-order valence-electron chi connectivity index (χ3n) is 6.40. The molecule has 0 atom stereocenters. The number of anilines is 1. The fourth-order valence-corrected chi connectivity index (χ4v) is 4.56. The lowest BCUT2D eigenvalue weighted by molar-refractivity contribution is -0.127. The molecule has 2 saturated heterocycles. The minimum atomic E-state index is -0.00202. The molecule has 0 radical (unpaired) electrons. The average Bonchev–Trinajstić information content (AvgIpc) is 3.23. The Morgan fingerprint density at radius 1 is 1.00 bits per heavy atom. The molecular weight excluding hydrogens is 400 g/mol. The first-order valence-electron chi connectivity index (χ1n) is 11.9. The highest BCUT2D eigenvalue weighted by Gasteiger charge is 2.21. The van der Waals surface area contributed by atoms with Crippen molar-refractivity contribution in [1.82, 2.24) is 15.1 Å². The SMILES string of the molecule is O=C(NC1CCN(Cc2ccccc2)CC1)c1cccc(NCCCN2CCCC2=O)c1. The number of piperidine rings is 1. The number of carbonyl (C=O) groups excluding carboxylic acids is 2. The van der Waals surface area contributed by atoms with Gasteiger partial charge in [-0.25, -0.2) is 0 Å². The summed E-state index contributed by atoms with van der Waals surface area (Å²) in [6.07, 6.45) is 4.54. The molecule has 4 rings (SSSR count). The number of benzene rings is 2. The van der Waals surface area contributed by atoms with Crippen molar-refractivity contribution in [3.63, 3.8) is 0 Å². The fraction of sp³-hybridized carbons (Fsp3) is 0.462. The van der Waals surface area contributed by atoms with Crippen molar-refractivity contribution in [3.8, 4) is 0 Å². The van der Waals surface area contributed by atoms with Crippen molar-refractivity contribution in [1.29, 1.82) is 0 Å². The second kappa shape index (κ2) is 11.1. The molecule has 0 aromatic heterocycles. The van der Waals surface area contributed by atoms with Gasteiger partial charge in [0.2, 0.25) is 5.91 Å². The monoisotopic (exact) mass is 434 g/mol. The maximum absolute atomic E-state index is 12.8. The molecule has 2 aliphatic rings. The lowest BCUT2D eigenvalue weighted by Gasteiger charge is -2.32. The third-order valence-corrected chi connectivity index (χ3v) is 6.40. The Morgan fingerprint density at radius 2 is 1.81 bits per heavy atom. The number of amides is 2. The van der Waals surface area contributed by atoms with E-state index >= 15 is 0 Å². The van der Waals surface area contributed by atoms with Crippen molar-refractivity contribution in [3.05, 3.63) is 65.7 Å². The van der Waals surface area contributed by atoms with Crippen LogP contribution in [0.4, 0.5) is 5.69 Å². The van der Waals surface area contributed by atoms with Crippen molar-refractivity contribution >= 4 is 17.5 Å². The quantitative estimate of drug-likeness (QED) is 0.593. The minimum absolute atomic E-state index is 0.00202. The van der Waals surface area contributed by atoms with Crippen LogP contribution in [0, 0.1) is 0 Å². The smallest absolute Gasteiger partial charge is 0.251 e. The highest BCUT2D eigenvalue weighted by Crippen LogP contribution is 2.16. The van der Waals surface area contributed by atoms with Crippen LogP contribution in [0.25, 0.3) is 0 Å². The highest BCUT2D eigenvalue weighted by molar-refractivity contribution is 5.95. The van der Waals surface area contributed by atoms with Crippen LogP contribution in [0.15, 0.2) is 54.6 Å². The normalized spacial score (nSPS) is 17.5. The molecule has 0 saturated carbocycles. The molecule has 0 bridgehead atoms. The maximum atomic E-state index is 12.8. The van der Waals surface area contributed by atoms with Gasteiger partial charge >= 0.3 is 0 Å². The predicted molar refractivity (Wildman–Crippen MR) is 128 cm³/mol. The molecule has 0 aliphatic carbocycles. The summed E-state index contributed by atoms with van der Waals surface area (Å²) in [5.41, 5.74) is 2.98. The molecule has 6 heteroatoms. The Hall–Kier alpha value is -2.86. The van der Waals surface area contributed by atoms with Gasteiger partial charge in [0, 0.05) is 63.0 Å². The Balaban J connectivity index is 1.19. The second-order valence-corrected chi connectivity index (χ2v) is 8.85. The van der Waals surface area contributed by atoms with Crippen molar-refractivity contribution in [2.45, 2.75) is 44.7 Å². The maximum Gasteiger partial charge on any atom is 0.251 e. The summed E-state index contributed by atoms with van der Waals surface area (Å²) in [6, 6.07) is 18.5. The van der Waals surface area contributed by atoms with E-state index in [0.717, 1.165) is 70.6 Å². The number of nitrogens with one attached hydrogen (secondary N) is 2. The van der Waals surface area contributed by atoms with Crippen LogP contribution < -0.4 is 10.6 Å². The van der Waals surface area contributed by atoms with Crippen LogP contribution in [0.5, 0.6) is 0 Å². The topological polar surface area (TPSA) is 64.7 Å². The summed E-state index contributed by atoms with van der Waals surface area (Å²) in [5, 5.41) is 6.61. The number of carbonyl (C=O) groups is 2.